The van der Waals surface area contributed by atoms with E-state index in [2.05, 4.69) is 26.8 Å². The number of benzene rings is 2. The van der Waals surface area contributed by atoms with Crippen LogP contribution >= 0.6 is 0 Å². The molecule has 0 radical (unpaired) electrons. The van der Waals surface area contributed by atoms with Gasteiger partial charge in [0.1, 0.15) is 5.75 Å². The molecule has 0 aromatic heterocycles. The van der Waals surface area contributed by atoms with Crippen LogP contribution in [0.4, 0.5) is 0 Å². The van der Waals surface area contributed by atoms with Crippen molar-refractivity contribution in [2.75, 3.05) is 6.61 Å². The van der Waals surface area contributed by atoms with Crippen LogP contribution in [0.5, 0.6) is 5.75 Å². The summed E-state index contributed by atoms with van der Waals surface area (Å²) in [6.45, 7) is 6.53. The Morgan fingerprint density at radius 3 is 2.35 bits per heavy atom. The SMILES string of the molecule is CC(C)(C)c1cccc(OCC(=O)c2ccccc2)c1. The minimum atomic E-state index is -0.00763. The Bertz CT molecular complexity index is 580. The summed E-state index contributed by atoms with van der Waals surface area (Å²) in [5.74, 6) is 0.730. The van der Waals surface area contributed by atoms with E-state index in [0.717, 1.165) is 5.75 Å². The third-order valence-electron chi connectivity index (χ3n) is 3.17. The lowest BCUT2D eigenvalue weighted by Gasteiger charge is -2.19. The zero-order chi connectivity index (χ0) is 14.6. The van der Waals surface area contributed by atoms with Gasteiger partial charge in [-0.2, -0.15) is 0 Å². The number of hydrogen-bond acceptors (Lipinski definition) is 2. The van der Waals surface area contributed by atoms with Crippen molar-refractivity contribution < 1.29 is 9.53 Å². The van der Waals surface area contributed by atoms with E-state index in [-0.39, 0.29) is 17.8 Å². The molecular weight excluding hydrogens is 248 g/mol. The number of Topliss-reactive ketones (excluding diaryl/α,β-unsaturated/α-hetero) is 1. The minimum absolute atomic E-state index is 0.00763. The van der Waals surface area contributed by atoms with Gasteiger partial charge in [0.2, 0.25) is 0 Å². The Morgan fingerprint density at radius 2 is 1.70 bits per heavy atom. The fraction of sp³-hybridized carbons (Fsp3) is 0.278. The van der Waals surface area contributed by atoms with Gasteiger partial charge < -0.3 is 4.74 Å². The maximum atomic E-state index is 12.0. The van der Waals surface area contributed by atoms with Crippen LogP contribution in [-0.2, 0) is 5.41 Å². The summed E-state index contributed by atoms with van der Waals surface area (Å²) in [6, 6.07) is 17.1. The summed E-state index contributed by atoms with van der Waals surface area (Å²) in [5.41, 5.74) is 1.95. The van der Waals surface area contributed by atoms with Crippen LogP contribution < -0.4 is 4.74 Å². The van der Waals surface area contributed by atoms with Crippen LogP contribution in [0, 0.1) is 0 Å². The molecule has 0 N–H and O–H groups in total. The number of ether oxygens (including phenoxy) is 1. The zero-order valence-electron chi connectivity index (χ0n) is 12.2. The number of carbonyl (C=O) groups excluding carboxylic acids is 1. The molecule has 20 heavy (non-hydrogen) atoms. The van der Waals surface area contributed by atoms with E-state index < -0.39 is 0 Å². The molecular formula is C18H20O2. The Morgan fingerprint density at radius 1 is 1.00 bits per heavy atom. The largest absolute Gasteiger partial charge is 0.485 e. The fourth-order valence-electron chi connectivity index (χ4n) is 1.91. The van der Waals surface area contributed by atoms with Crippen molar-refractivity contribution in [3.05, 3.63) is 65.7 Å². The highest BCUT2D eigenvalue weighted by Gasteiger charge is 2.14. The molecule has 0 saturated heterocycles. The Kier molecular flexibility index (Phi) is 4.23. The Labute approximate surface area is 120 Å². The zero-order valence-corrected chi connectivity index (χ0v) is 12.2. The Hall–Kier alpha value is -2.09. The second-order valence-electron chi connectivity index (χ2n) is 5.86. The van der Waals surface area contributed by atoms with Crippen molar-refractivity contribution in [2.24, 2.45) is 0 Å². The normalized spacial score (nSPS) is 11.2. The van der Waals surface area contributed by atoms with E-state index in [1.165, 1.54) is 5.56 Å². The van der Waals surface area contributed by atoms with E-state index in [1.807, 2.05) is 36.4 Å². The molecule has 104 valence electrons. The van der Waals surface area contributed by atoms with Crippen LogP contribution in [0.15, 0.2) is 54.6 Å². The van der Waals surface area contributed by atoms with Gasteiger partial charge in [0.15, 0.2) is 12.4 Å². The first kappa shape index (κ1) is 14.3. The maximum absolute atomic E-state index is 12.0. The van der Waals surface area contributed by atoms with Crippen LogP contribution in [0.25, 0.3) is 0 Å². The summed E-state index contributed by atoms with van der Waals surface area (Å²) in [4.78, 5) is 12.0. The maximum Gasteiger partial charge on any atom is 0.200 e. The third-order valence-corrected chi connectivity index (χ3v) is 3.17. The standard InChI is InChI=1S/C18H20O2/c1-18(2,3)15-10-7-11-16(12-15)20-13-17(19)14-8-5-4-6-9-14/h4-12H,13H2,1-3H3. The quantitative estimate of drug-likeness (QED) is 0.775. The summed E-state index contributed by atoms with van der Waals surface area (Å²) < 4.78 is 5.61. The molecule has 0 unspecified atom stereocenters. The number of hydrogen-bond donors (Lipinski definition) is 0. The molecule has 0 amide bonds. The summed E-state index contributed by atoms with van der Waals surface area (Å²) in [7, 11) is 0. The predicted molar refractivity (Wildman–Crippen MR) is 81.4 cm³/mol. The van der Waals surface area contributed by atoms with Crippen molar-refractivity contribution >= 4 is 5.78 Å². The van der Waals surface area contributed by atoms with Crippen LogP contribution in [0.1, 0.15) is 36.7 Å². The number of ketones is 1. The molecule has 2 nitrogen and oxygen atoms in total. The van der Waals surface area contributed by atoms with Gasteiger partial charge in [-0.1, -0.05) is 63.2 Å². The van der Waals surface area contributed by atoms with Gasteiger partial charge in [0.05, 0.1) is 0 Å². The van der Waals surface area contributed by atoms with E-state index in [0.29, 0.717) is 5.56 Å². The minimum Gasteiger partial charge on any atom is -0.485 e. The predicted octanol–water partition coefficient (Wildman–Crippen LogP) is 4.25. The molecule has 0 aliphatic heterocycles. The van der Waals surface area contributed by atoms with Crippen molar-refractivity contribution in [3.63, 3.8) is 0 Å². The topological polar surface area (TPSA) is 26.3 Å². The number of carbonyl (C=O) groups is 1. The van der Waals surface area contributed by atoms with E-state index in [4.69, 9.17) is 4.74 Å². The molecule has 0 aliphatic rings. The van der Waals surface area contributed by atoms with Gasteiger partial charge in [-0.3, -0.25) is 4.79 Å². The van der Waals surface area contributed by atoms with Gasteiger partial charge in [-0.15, -0.1) is 0 Å². The molecule has 2 aromatic rings. The van der Waals surface area contributed by atoms with Crippen LogP contribution in [-0.4, -0.2) is 12.4 Å². The van der Waals surface area contributed by atoms with Crippen molar-refractivity contribution in [3.8, 4) is 5.75 Å². The smallest absolute Gasteiger partial charge is 0.200 e. The van der Waals surface area contributed by atoms with Gasteiger partial charge in [0.25, 0.3) is 0 Å². The van der Waals surface area contributed by atoms with Gasteiger partial charge in [-0.25, -0.2) is 0 Å². The molecule has 0 heterocycles. The lowest BCUT2D eigenvalue weighted by atomic mass is 9.87. The molecule has 2 aromatic carbocycles. The van der Waals surface area contributed by atoms with Gasteiger partial charge >= 0.3 is 0 Å². The first-order chi connectivity index (χ1) is 9.47. The van der Waals surface area contributed by atoms with E-state index >= 15 is 0 Å². The first-order valence-electron chi connectivity index (χ1n) is 6.78. The lowest BCUT2D eigenvalue weighted by molar-refractivity contribution is 0.0921. The summed E-state index contributed by atoms with van der Waals surface area (Å²) in [6.07, 6.45) is 0. The highest BCUT2D eigenvalue weighted by Crippen LogP contribution is 2.25. The van der Waals surface area contributed by atoms with E-state index in [9.17, 15) is 4.79 Å². The summed E-state index contributed by atoms with van der Waals surface area (Å²) >= 11 is 0. The van der Waals surface area contributed by atoms with Crippen LogP contribution in [0.2, 0.25) is 0 Å². The molecule has 0 atom stereocenters. The lowest BCUT2D eigenvalue weighted by Crippen LogP contribution is -2.13. The monoisotopic (exact) mass is 268 g/mol. The van der Waals surface area contributed by atoms with Gasteiger partial charge in [0, 0.05) is 5.56 Å². The first-order valence-corrected chi connectivity index (χ1v) is 6.78. The van der Waals surface area contributed by atoms with Crippen molar-refractivity contribution in [2.45, 2.75) is 26.2 Å². The van der Waals surface area contributed by atoms with Crippen molar-refractivity contribution in [1.29, 1.82) is 0 Å². The second kappa shape index (κ2) is 5.91. The molecule has 0 saturated carbocycles. The molecule has 0 aliphatic carbocycles. The highest BCUT2D eigenvalue weighted by atomic mass is 16.5. The third kappa shape index (κ3) is 3.70. The molecule has 0 bridgehead atoms. The average Bonchev–Trinajstić information content (AvgIpc) is 2.45. The molecule has 2 rings (SSSR count). The van der Waals surface area contributed by atoms with Crippen molar-refractivity contribution in [1.82, 2.24) is 0 Å². The van der Waals surface area contributed by atoms with E-state index in [1.54, 1.807) is 12.1 Å². The molecule has 0 spiro atoms. The van der Waals surface area contributed by atoms with Gasteiger partial charge in [-0.05, 0) is 23.1 Å². The average molecular weight is 268 g/mol. The Balaban J connectivity index is 2.03. The highest BCUT2D eigenvalue weighted by molar-refractivity contribution is 5.97. The molecule has 2 heteroatoms. The molecule has 0 fully saturated rings. The summed E-state index contributed by atoms with van der Waals surface area (Å²) in [5, 5.41) is 0. The van der Waals surface area contributed by atoms with Crippen LogP contribution in [0.3, 0.4) is 0 Å². The second-order valence-corrected chi connectivity index (χ2v) is 5.86. The fourth-order valence-corrected chi connectivity index (χ4v) is 1.91. The number of rotatable bonds is 4.